The summed E-state index contributed by atoms with van der Waals surface area (Å²) in [6.45, 7) is 8.04. The third kappa shape index (κ3) is 7.84. The Morgan fingerprint density at radius 2 is 1.67 bits per heavy atom. The molecule has 3 aromatic carbocycles. The van der Waals surface area contributed by atoms with E-state index in [1.807, 2.05) is 29.2 Å². The molecule has 0 radical (unpaired) electrons. The number of para-hydroxylation sites is 1. The number of carbonyl (C=O) groups excluding carboxylic acids is 2. The monoisotopic (exact) mass is 619 g/mol. The van der Waals surface area contributed by atoms with E-state index in [-0.39, 0.29) is 18.2 Å². The predicted octanol–water partition coefficient (Wildman–Crippen LogP) is 5.67. The van der Waals surface area contributed by atoms with E-state index in [0.29, 0.717) is 34.7 Å². The first-order valence-electron chi connectivity index (χ1n) is 14.9. The highest BCUT2D eigenvalue weighted by atomic mass is 35.5. The predicted molar refractivity (Wildman–Crippen MR) is 177 cm³/mol. The Hall–Kier alpha value is -3.66. The highest BCUT2D eigenvalue weighted by molar-refractivity contribution is 7.80. The minimum absolute atomic E-state index is 0.0140. The number of rotatable bonds is 12. The molecule has 226 valence electrons. The number of anilines is 3. The van der Waals surface area contributed by atoms with E-state index >= 15 is 0 Å². The lowest BCUT2D eigenvalue weighted by molar-refractivity contribution is -0.124. The van der Waals surface area contributed by atoms with E-state index in [1.54, 1.807) is 30.3 Å². The van der Waals surface area contributed by atoms with Gasteiger partial charge in [-0.05, 0) is 86.2 Å². The number of thiocarbonyl (C=S) groups is 1. The summed E-state index contributed by atoms with van der Waals surface area (Å²) >= 11 is 12.1. The van der Waals surface area contributed by atoms with Gasteiger partial charge in [0, 0.05) is 49.1 Å². The highest BCUT2D eigenvalue weighted by Gasteiger charge is 2.44. The first-order chi connectivity index (χ1) is 20.9. The van der Waals surface area contributed by atoms with Crippen LogP contribution in [0.1, 0.15) is 26.2 Å². The van der Waals surface area contributed by atoms with Gasteiger partial charge in [0.05, 0.1) is 18.7 Å². The number of nitrogens with one attached hydrogen (secondary N) is 1. The van der Waals surface area contributed by atoms with Crippen molar-refractivity contribution in [3.05, 3.63) is 83.9 Å². The number of ether oxygens (including phenoxy) is 1. The van der Waals surface area contributed by atoms with Crippen molar-refractivity contribution < 1.29 is 14.3 Å². The topological polar surface area (TPSA) is 68.4 Å². The number of piperazine rings is 1. The zero-order valence-electron chi connectivity index (χ0n) is 24.5. The molecule has 1 atom stereocenters. The van der Waals surface area contributed by atoms with Crippen molar-refractivity contribution in [2.75, 3.05) is 61.0 Å². The Balaban J connectivity index is 1.21. The van der Waals surface area contributed by atoms with Gasteiger partial charge in [0.2, 0.25) is 5.91 Å². The number of benzene rings is 3. The van der Waals surface area contributed by atoms with Gasteiger partial charge in [0.15, 0.2) is 5.11 Å². The second-order valence-corrected chi connectivity index (χ2v) is 11.6. The summed E-state index contributed by atoms with van der Waals surface area (Å²) in [5.41, 5.74) is 2.51. The van der Waals surface area contributed by atoms with Crippen molar-refractivity contribution in [1.82, 2.24) is 9.80 Å². The fraction of sp³-hybridized carbons (Fsp3) is 0.364. The molecule has 0 unspecified atom stereocenters. The molecule has 3 aromatic rings. The Labute approximate surface area is 264 Å². The molecule has 8 nitrogen and oxygen atoms in total. The van der Waals surface area contributed by atoms with Gasteiger partial charge in [0.1, 0.15) is 11.8 Å². The van der Waals surface area contributed by atoms with Crippen LogP contribution in [0.5, 0.6) is 5.75 Å². The van der Waals surface area contributed by atoms with E-state index in [0.717, 1.165) is 51.3 Å². The average Bonchev–Trinajstić information content (AvgIpc) is 3.25. The van der Waals surface area contributed by atoms with Crippen LogP contribution in [0.3, 0.4) is 0 Å². The summed E-state index contributed by atoms with van der Waals surface area (Å²) in [7, 11) is 0. The molecule has 43 heavy (non-hydrogen) atoms. The molecule has 2 aliphatic rings. The molecule has 1 N–H and O–H groups in total. The number of hydrogen-bond acceptors (Lipinski definition) is 6. The molecule has 2 saturated heterocycles. The van der Waals surface area contributed by atoms with E-state index in [4.69, 9.17) is 28.6 Å². The van der Waals surface area contributed by atoms with E-state index in [1.165, 1.54) is 10.6 Å². The van der Waals surface area contributed by atoms with Gasteiger partial charge < -0.3 is 19.9 Å². The van der Waals surface area contributed by atoms with Crippen LogP contribution in [0.15, 0.2) is 78.9 Å². The van der Waals surface area contributed by atoms with Crippen molar-refractivity contribution in [1.29, 1.82) is 0 Å². The standard InChI is InChI=1S/C33H38ClN5O3S/c1-2-22-42-29-14-12-26(13-15-29)35-31(40)24-30-32(41)39(28-11-6-8-25(34)23-28)33(43)38(30)17-7-16-36-18-20-37(21-19-36)27-9-4-3-5-10-27/h3-6,8-15,23,30H,2,7,16-22,24H2,1H3,(H,35,40)/t30-/m1/s1. The maximum absolute atomic E-state index is 13.7. The molecule has 2 amide bonds. The summed E-state index contributed by atoms with van der Waals surface area (Å²) in [4.78, 5) is 35.2. The number of nitrogens with zero attached hydrogens (tertiary/aromatic N) is 4. The van der Waals surface area contributed by atoms with Crippen LogP contribution in [-0.2, 0) is 9.59 Å². The molecular weight excluding hydrogens is 582 g/mol. The van der Waals surface area contributed by atoms with Crippen molar-refractivity contribution in [3.8, 4) is 5.75 Å². The minimum Gasteiger partial charge on any atom is -0.494 e. The lowest BCUT2D eigenvalue weighted by Gasteiger charge is -2.36. The largest absolute Gasteiger partial charge is 0.494 e. The summed E-state index contributed by atoms with van der Waals surface area (Å²) in [6.07, 6.45) is 1.72. The Kier molecular flexibility index (Phi) is 10.5. The molecule has 0 aliphatic carbocycles. The van der Waals surface area contributed by atoms with Crippen molar-refractivity contribution in [2.45, 2.75) is 32.2 Å². The molecule has 2 fully saturated rings. The molecule has 10 heteroatoms. The molecule has 5 rings (SSSR count). The van der Waals surface area contributed by atoms with Crippen LogP contribution in [0.2, 0.25) is 5.02 Å². The van der Waals surface area contributed by atoms with Crippen LogP contribution in [0.4, 0.5) is 17.1 Å². The fourth-order valence-electron chi connectivity index (χ4n) is 5.52. The second-order valence-electron chi connectivity index (χ2n) is 10.8. The van der Waals surface area contributed by atoms with Gasteiger partial charge >= 0.3 is 0 Å². The van der Waals surface area contributed by atoms with E-state index in [2.05, 4.69) is 46.3 Å². The third-order valence-electron chi connectivity index (χ3n) is 7.74. The zero-order chi connectivity index (χ0) is 30.2. The maximum Gasteiger partial charge on any atom is 0.256 e. The van der Waals surface area contributed by atoms with Crippen LogP contribution in [0.25, 0.3) is 0 Å². The molecule has 0 spiro atoms. The van der Waals surface area contributed by atoms with Crippen LogP contribution < -0.4 is 19.9 Å². The fourth-order valence-corrected chi connectivity index (χ4v) is 6.11. The normalized spacial score (nSPS) is 17.4. The van der Waals surface area contributed by atoms with Crippen molar-refractivity contribution in [3.63, 3.8) is 0 Å². The van der Waals surface area contributed by atoms with Gasteiger partial charge in [-0.25, -0.2) is 0 Å². The molecule has 0 bridgehead atoms. The summed E-state index contributed by atoms with van der Waals surface area (Å²) in [5.74, 6) is 0.279. The van der Waals surface area contributed by atoms with Crippen LogP contribution in [-0.4, -0.2) is 78.6 Å². The number of hydrogen-bond donors (Lipinski definition) is 1. The van der Waals surface area contributed by atoms with Crippen LogP contribution >= 0.6 is 23.8 Å². The van der Waals surface area contributed by atoms with Gasteiger partial charge in [-0.15, -0.1) is 0 Å². The van der Waals surface area contributed by atoms with Gasteiger partial charge in [-0.2, -0.15) is 0 Å². The van der Waals surface area contributed by atoms with E-state index in [9.17, 15) is 9.59 Å². The summed E-state index contributed by atoms with van der Waals surface area (Å²) in [6, 6.07) is 24.1. The summed E-state index contributed by atoms with van der Waals surface area (Å²) in [5, 5.41) is 3.84. The van der Waals surface area contributed by atoms with Crippen LogP contribution in [0, 0.1) is 0 Å². The first kappa shape index (κ1) is 30.8. The minimum atomic E-state index is -0.700. The van der Waals surface area contributed by atoms with Gasteiger partial charge in [0.25, 0.3) is 5.91 Å². The molecule has 0 saturated carbocycles. The van der Waals surface area contributed by atoms with Gasteiger partial charge in [-0.1, -0.05) is 42.8 Å². The molecule has 2 heterocycles. The number of amides is 2. The van der Waals surface area contributed by atoms with Crippen molar-refractivity contribution >= 4 is 57.8 Å². The number of halogens is 1. The SMILES string of the molecule is CCCOc1ccc(NC(=O)C[C@@H]2C(=O)N(c3cccc(Cl)c3)C(=S)N2CCCN2CCN(c3ccccc3)CC2)cc1. The zero-order valence-corrected chi connectivity index (χ0v) is 26.0. The first-order valence-corrected chi connectivity index (χ1v) is 15.7. The molecule has 2 aliphatic heterocycles. The van der Waals surface area contributed by atoms with Gasteiger partial charge in [-0.3, -0.25) is 19.4 Å². The molecule has 0 aromatic heterocycles. The Morgan fingerprint density at radius 1 is 0.953 bits per heavy atom. The molecular formula is C33H38ClN5O3S. The Morgan fingerprint density at radius 3 is 2.37 bits per heavy atom. The Bertz CT molecular complexity index is 1400. The maximum atomic E-state index is 13.7. The quantitative estimate of drug-likeness (QED) is 0.262. The average molecular weight is 620 g/mol. The smallest absolute Gasteiger partial charge is 0.256 e. The lowest BCUT2D eigenvalue weighted by Crippen LogP contribution is -2.47. The highest BCUT2D eigenvalue weighted by Crippen LogP contribution is 2.29. The van der Waals surface area contributed by atoms with E-state index < -0.39 is 6.04 Å². The second kappa shape index (κ2) is 14.7. The number of carbonyl (C=O) groups is 2. The van der Waals surface area contributed by atoms with Crippen molar-refractivity contribution in [2.24, 2.45) is 0 Å². The summed E-state index contributed by atoms with van der Waals surface area (Å²) < 4.78 is 5.63. The lowest BCUT2D eigenvalue weighted by atomic mass is 10.1. The third-order valence-corrected chi connectivity index (χ3v) is 8.39.